The van der Waals surface area contributed by atoms with Gasteiger partial charge in [0.15, 0.2) is 5.69 Å². The molecule has 0 saturated heterocycles. The van der Waals surface area contributed by atoms with Gasteiger partial charge in [0.1, 0.15) is 0 Å². The number of nitrogens with one attached hydrogen (secondary N) is 1. The highest BCUT2D eigenvalue weighted by atomic mass is 79.9. The molecule has 2 aromatic heterocycles. The number of hydrogen-bond donors (Lipinski definition) is 1. The van der Waals surface area contributed by atoms with Crippen LogP contribution in [0.15, 0.2) is 22.1 Å². The third-order valence-electron chi connectivity index (χ3n) is 2.39. The smallest absolute Gasteiger partial charge is 0.347 e. The molecule has 4 nitrogen and oxygen atoms in total. The van der Waals surface area contributed by atoms with Crippen LogP contribution >= 0.6 is 27.3 Å². The molecule has 1 amide bonds. The summed E-state index contributed by atoms with van der Waals surface area (Å²) in [5, 5.41) is 7.57. The Kier molecular flexibility index (Phi) is 4.19. The zero-order chi connectivity index (χ0) is 14.9. The fourth-order valence-electron chi connectivity index (χ4n) is 1.57. The van der Waals surface area contributed by atoms with Crippen molar-refractivity contribution in [2.24, 2.45) is 7.05 Å². The lowest BCUT2D eigenvalue weighted by molar-refractivity contribution is -0.141. The zero-order valence-corrected chi connectivity index (χ0v) is 12.6. The van der Waals surface area contributed by atoms with Crippen molar-refractivity contribution in [3.63, 3.8) is 0 Å². The van der Waals surface area contributed by atoms with E-state index in [1.807, 2.05) is 5.38 Å². The van der Waals surface area contributed by atoms with E-state index in [0.717, 1.165) is 20.2 Å². The highest BCUT2D eigenvalue weighted by Crippen LogP contribution is 2.30. The standard InChI is InChI=1S/C11H9BrF3N3OS/c1-18-4-8(9(17-18)11(13,14)15)10(19)16-3-7-2-6(12)5-20-7/h2,4-5H,3H2,1H3,(H,16,19). The van der Waals surface area contributed by atoms with Crippen molar-refractivity contribution < 1.29 is 18.0 Å². The number of amides is 1. The van der Waals surface area contributed by atoms with Gasteiger partial charge in [-0.25, -0.2) is 0 Å². The van der Waals surface area contributed by atoms with Gasteiger partial charge in [-0.3, -0.25) is 9.48 Å². The number of rotatable bonds is 3. The summed E-state index contributed by atoms with van der Waals surface area (Å²) in [6.45, 7) is 0.168. The zero-order valence-electron chi connectivity index (χ0n) is 10.2. The average molecular weight is 368 g/mol. The minimum Gasteiger partial charge on any atom is -0.347 e. The fourth-order valence-corrected chi connectivity index (χ4v) is 2.96. The molecular weight excluding hydrogens is 359 g/mol. The van der Waals surface area contributed by atoms with Gasteiger partial charge >= 0.3 is 6.18 Å². The summed E-state index contributed by atoms with van der Waals surface area (Å²) in [5.74, 6) is -0.796. The van der Waals surface area contributed by atoms with Gasteiger partial charge in [-0.2, -0.15) is 18.3 Å². The van der Waals surface area contributed by atoms with Crippen LogP contribution in [0.25, 0.3) is 0 Å². The van der Waals surface area contributed by atoms with Crippen molar-refractivity contribution >= 4 is 33.2 Å². The van der Waals surface area contributed by atoms with E-state index in [1.165, 1.54) is 18.4 Å². The number of hydrogen-bond acceptors (Lipinski definition) is 3. The highest BCUT2D eigenvalue weighted by molar-refractivity contribution is 9.10. The first-order chi connectivity index (χ1) is 9.27. The maximum absolute atomic E-state index is 12.7. The number of carbonyl (C=O) groups is 1. The third kappa shape index (κ3) is 3.40. The molecule has 1 N–H and O–H groups in total. The van der Waals surface area contributed by atoms with Crippen molar-refractivity contribution in [1.82, 2.24) is 15.1 Å². The molecule has 9 heteroatoms. The molecule has 20 heavy (non-hydrogen) atoms. The summed E-state index contributed by atoms with van der Waals surface area (Å²) in [6.07, 6.45) is -3.59. The number of nitrogens with zero attached hydrogens (tertiary/aromatic N) is 2. The predicted molar refractivity (Wildman–Crippen MR) is 71.4 cm³/mol. The van der Waals surface area contributed by atoms with E-state index in [9.17, 15) is 18.0 Å². The van der Waals surface area contributed by atoms with Crippen molar-refractivity contribution in [1.29, 1.82) is 0 Å². The highest BCUT2D eigenvalue weighted by Gasteiger charge is 2.38. The van der Waals surface area contributed by atoms with Crippen LogP contribution in [0.2, 0.25) is 0 Å². The number of carbonyl (C=O) groups excluding carboxylic acids is 1. The summed E-state index contributed by atoms with van der Waals surface area (Å²) in [7, 11) is 1.34. The quantitative estimate of drug-likeness (QED) is 0.905. The molecule has 0 aliphatic rings. The predicted octanol–water partition coefficient (Wildman–Crippen LogP) is 3.19. The van der Waals surface area contributed by atoms with Crippen molar-refractivity contribution in [2.45, 2.75) is 12.7 Å². The number of aryl methyl sites for hydroxylation is 1. The second-order valence-electron chi connectivity index (χ2n) is 3.98. The molecule has 2 heterocycles. The molecular formula is C11H9BrF3N3OS. The molecule has 0 aliphatic heterocycles. The van der Waals surface area contributed by atoms with Gasteiger partial charge < -0.3 is 5.32 Å². The van der Waals surface area contributed by atoms with Gasteiger partial charge in [0.25, 0.3) is 5.91 Å². The minimum atomic E-state index is -4.65. The second-order valence-corrected chi connectivity index (χ2v) is 5.89. The lowest BCUT2D eigenvalue weighted by Gasteiger charge is -2.06. The van der Waals surface area contributed by atoms with Crippen molar-refractivity contribution in [3.8, 4) is 0 Å². The van der Waals surface area contributed by atoms with Crippen LogP contribution < -0.4 is 5.32 Å². The van der Waals surface area contributed by atoms with E-state index in [2.05, 4.69) is 26.3 Å². The number of thiophene rings is 1. The van der Waals surface area contributed by atoms with Gasteiger partial charge in [0, 0.05) is 28.0 Å². The maximum atomic E-state index is 12.7. The van der Waals surface area contributed by atoms with E-state index in [1.54, 1.807) is 6.07 Å². The van der Waals surface area contributed by atoms with E-state index in [0.29, 0.717) is 0 Å². The van der Waals surface area contributed by atoms with Gasteiger partial charge in [0.2, 0.25) is 0 Å². The first-order valence-corrected chi connectivity index (χ1v) is 7.06. The van der Waals surface area contributed by atoms with Crippen LogP contribution in [0, 0.1) is 0 Å². The first kappa shape index (κ1) is 15.0. The normalized spacial score (nSPS) is 11.7. The summed E-state index contributed by atoms with van der Waals surface area (Å²) in [6, 6.07) is 1.79. The van der Waals surface area contributed by atoms with Crippen LogP contribution in [0.4, 0.5) is 13.2 Å². The van der Waals surface area contributed by atoms with Crippen LogP contribution in [-0.4, -0.2) is 15.7 Å². The Morgan fingerprint density at radius 1 is 1.55 bits per heavy atom. The topological polar surface area (TPSA) is 46.9 Å². The number of aromatic nitrogens is 2. The summed E-state index contributed by atoms with van der Waals surface area (Å²) in [5.41, 5.74) is -1.65. The Morgan fingerprint density at radius 2 is 2.25 bits per heavy atom. The van der Waals surface area contributed by atoms with E-state index >= 15 is 0 Å². The number of halogens is 4. The maximum Gasteiger partial charge on any atom is 0.435 e. The summed E-state index contributed by atoms with van der Waals surface area (Å²) < 4.78 is 40.0. The first-order valence-electron chi connectivity index (χ1n) is 5.39. The Labute approximate surface area is 124 Å². The Morgan fingerprint density at radius 3 is 2.80 bits per heavy atom. The molecule has 2 aromatic rings. The van der Waals surface area contributed by atoms with Gasteiger partial charge in [-0.15, -0.1) is 11.3 Å². The molecule has 0 fully saturated rings. The largest absolute Gasteiger partial charge is 0.435 e. The number of alkyl halides is 3. The van der Waals surface area contributed by atoms with E-state index in [-0.39, 0.29) is 6.54 Å². The van der Waals surface area contributed by atoms with Crippen LogP contribution in [0.1, 0.15) is 20.9 Å². The Bertz CT molecular complexity index is 635. The molecule has 0 spiro atoms. The molecule has 108 valence electrons. The summed E-state index contributed by atoms with van der Waals surface area (Å²) >= 11 is 4.66. The third-order valence-corrected chi connectivity index (χ3v) is 4.08. The van der Waals surface area contributed by atoms with Crippen molar-refractivity contribution in [3.05, 3.63) is 38.3 Å². The minimum absolute atomic E-state index is 0.168. The molecule has 0 aliphatic carbocycles. The van der Waals surface area contributed by atoms with Crippen LogP contribution in [-0.2, 0) is 19.8 Å². The lowest BCUT2D eigenvalue weighted by Crippen LogP contribution is -2.24. The van der Waals surface area contributed by atoms with Gasteiger partial charge in [0.05, 0.1) is 12.1 Å². The molecule has 0 radical (unpaired) electrons. The van der Waals surface area contributed by atoms with Crippen LogP contribution in [0.5, 0.6) is 0 Å². The average Bonchev–Trinajstić information content (AvgIpc) is 2.91. The molecule has 0 atom stereocenters. The van der Waals surface area contributed by atoms with Crippen LogP contribution in [0.3, 0.4) is 0 Å². The monoisotopic (exact) mass is 367 g/mol. The summed E-state index contributed by atoms with van der Waals surface area (Å²) in [4.78, 5) is 12.7. The Hall–Kier alpha value is -1.35. The fraction of sp³-hybridized carbons (Fsp3) is 0.273. The van der Waals surface area contributed by atoms with Crippen molar-refractivity contribution in [2.75, 3.05) is 0 Å². The molecule has 2 rings (SSSR count). The van der Waals surface area contributed by atoms with Gasteiger partial charge in [-0.05, 0) is 22.0 Å². The second kappa shape index (κ2) is 5.57. The molecule has 0 bridgehead atoms. The lowest BCUT2D eigenvalue weighted by atomic mass is 10.2. The van der Waals surface area contributed by atoms with E-state index in [4.69, 9.17) is 0 Å². The Balaban J connectivity index is 2.13. The molecule has 0 unspecified atom stereocenters. The molecule has 0 saturated carbocycles. The van der Waals surface area contributed by atoms with E-state index < -0.39 is 23.3 Å². The van der Waals surface area contributed by atoms with Gasteiger partial charge in [-0.1, -0.05) is 0 Å². The molecule has 0 aromatic carbocycles. The SMILES string of the molecule is Cn1cc(C(=O)NCc2cc(Br)cs2)c(C(F)(F)F)n1.